The van der Waals surface area contributed by atoms with E-state index in [-0.39, 0.29) is 13.0 Å². The first-order valence-corrected chi connectivity index (χ1v) is 6.78. The summed E-state index contributed by atoms with van der Waals surface area (Å²) in [6.07, 6.45) is 0.662. The van der Waals surface area contributed by atoms with Gasteiger partial charge in [-0.15, -0.1) is 0 Å². The third-order valence-electron chi connectivity index (χ3n) is 3.78. The quantitative estimate of drug-likeness (QED) is 0.813. The van der Waals surface area contributed by atoms with E-state index in [2.05, 4.69) is 5.32 Å². The lowest BCUT2D eigenvalue weighted by Gasteiger charge is -2.26. The minimum atomic E-state index is -1.01. The molecule has 2 N–H and O–H groups in total. The fourth-order valence-electron chi connectivity index (χ4n) is 2.04. The van der Waals surface area contributed by atoms with Gasteiger partial charge in [0.25, 0.3) is 0 Å². The molecule has 0 aliphatic rings. The Balaban J connectivity index is 2.65. The van der Waals surface area contributed by atoms with Crippen molar-refractivity contribution >= 4 is 11.9 Å². The van der Waals surface area contributed by atoms with Crippen LogP contribution in [0.2, 0.25) is 0 Å². The number of amides is 1. The molecule has 0 aliphatic heterocycles. The average Bonchev–Trinajstić information content (AvgIpc) is 2.44. The standard InChI is InChI=1S/C15H19F2NO3/c1-3-15(4-2,14(20)21)9-18-13(19)8-10-5-6-11(16)12(17)7-10/h5-7H,3-4,8-9H2,1-2H3,(H,18,19)(H,20,21). The van der Waals surface area contributed by atoms with Crippen LogP contribution in [-0.2, 0) is 16.0 Å². The van der Waals surface area contributed by atoms with E-state index in [0.717, 1.165) is 12.1 Å². The van der Waals surface area contributed by atoms with Crippen LogP contribution in [0.3, 0.4) is 0 Å². The zero-order chi connectivity index (χ0) is 16.0. The van der Waals surface area contributed by atoms with Gasteiger partial charge in [-0.2, -0.15) is 0 Å². The van der Waals surface area contributed by atoms with Gasteiger partial charge in [-0.1, -0.05) is 19.9 Å². The Bertz CT molecular complexity index is 528. The summed E-state index contributed by atoms with van der Waals surface area (Å²) >= 11 is 0. The second-order valence-electron chi connectivity index (χ2n) is 4.99. The van der Waals surface area contributed by atoms with Crippen molar-refractivity contribution in [1.29, 1.82) is 0 Å². The van der Waals surface area contributed by atoms with Gasteiger partial charge in [-0.05, 0) is 30.5 Å². The lowest BCUT2D eigenvalue weighted by atomic mass is 9.82. The van der Waals surface area contributed by atoms with Gasteiger partial charge in [-0.25, -0.2) is 8.78 Å². The van der Waals surface area contributed by atoms with Gasteiger partial charge in [0.15, 0.2) is 11.6 Å². The minimum absolute atomic E-state index is 0.0117. The molecule has 0 saturated heterocycles. The Morgan fingerprint density at radius 3 is 2.29 bits per heavy atom. The fourth-order valence-corrected chi connectivity index (χ4v) is 2.04. The Kier molecular flexibility index (Phi) is 5.81. The molecule has 0 radical (unpaired) electrons. The maximum Gasteiger partial charge on any atom is 0.311 e. The molecule has 0 saturated carbocycles. The summed E-state index contributed by atoms with van der Waals surface area (Å²) in [6.45, 7) is 3.51. The van der Waals surface area contributed by atoms with Crippen molar-refractivity contribution in [2.75, 3.05) is 6.54 Å². The summed E-state index contributed by atoms with van der Waals surface area (Å²) in [5.74, 6) is -3.36. The van der Waals surface area contributed by atoms with E-state index in [9.17, 15) is 23.5 Å². The molecule has 21 heavy (non-hydrogen) atoms. The summed E-state index contributed by atoms with van der Waals surface area (Å²) < 4.78 is 25.8. The first-order chi connectivity index (χ1) is 9.84. The van der Waals surface area contributed by atoms with E-state index in [4.69, 9.17) is 0 Å². The van der Waals surface area contributed by atoms with Gasteiger partial charge in [0.1, 0.15) is 0 Å². The van der Waals surface area contributed by atoms with E-state index in [1.165, 1.54) is 6.07 Å². The maximum absolute atomic E-state index is 13.0. The van der Waals surface area contributed by atoms with Crippen molar-refractivity contribution < 1.29 is 23.5 Å². The van der Waals surface area contributed by atoms with Crippen molar-refractivity contribution in [2.45, 2.75) is 33.1 Å². The highest BCUT2D eigenvalue weighted by Gasteiger charge is 2.35. The third-order valence-corrected chi connectivity index (χ3v) is 3.78. The molecule has 1 aromatic rings. The number of halogens is 2. The molecular formula is C15H19F2NO3. The van der Waals surface area contributed by atoms with Gasteiger partial charge in [0.2, 0.25) is 5.91 Å². The number of carboxylic acids is 1. The molecule has 1 rings (SSSR count). The molecule has 1 aromatic carbocycles. The molecule has 4 nitrogen and oxygen atoms in total. The molecule has 0 bridgehead atoms. The predicted molar refractivity (Wildman–Crippen MR) is 73.7 cm³/mol. The van der Waals surface area contributed by atoms with E-state index in [1.807, 2.05) is 0 Å². The first-order valence-electron chi connectivity index (χ1n) is 6.78. The van der Waals surface area contributed by atoms with E-state index >= 15 is 0 Å². The second-order valence-corrected chi connectivity index (χ2v) is 4.99. The number of hydrogen-bond acceptors (Lipinski definition) is 2. The molecule has 0 unspecified atom stereocenters. The van der Waals surface area contributed by atoms with Gasteiger partial charge in [0.05, 0.1) is 11.8 Å². The molecule has 0 aromatic heterocycles. The Morgan fingerprint density at radius 1 is 1.19 bits per heavy atom. The second kappa shape index (κ2) is 7.15. The van der Waals surface area contributed by atoms with Crippen LogP contribution in [0, 0.1) is 17.0 Å². The summed E-state index contributed by atoms with van der Waals surface area (Å²) in [5, 5.41) is 11.8. The number of aliphatic carboxylic acids is 1. The number of rotatable bonds is 7. The lowest BCUT2D eigenvalue weighted by Crippen LogP contribution is -2.42. The van der Waals surface area contributed by atoms with Crippen molar-refractivity contribution in [3.63, 3.8) is 0 Å². The molecule has 1 amide bonds. The highest BCUT2D eigenvalue weighted by Crippen LogP contribution is 2.25. The Labute approximate surface area is 122 Å². The Hall–Kier alpha value is -1.98. The number of carboxylic acid groups (broad SMARTS) is 1. The van der Waals surface area contributed by atoms with Crippen LogP contribution in [0.25, 0.3) is 0 Å². The molecule has 0 atom stereocenters. The first kappa shape index (κ1) is 17.1. The molecule has 0 spiro atoms. The van der Waals surface area contributed by atoms with Crippen LogP contribution in [0.5, 0.6) is 0 Å². The number of hydrogen-bond donors (Lipinski definition) is 2. The van der Waals surface area contributed by atoms with Gasteiger partial charge < -0.3 is 10.4 Å². The summed E-state index contributed by atoms with van der Waals surface area (Å²) in [7, 11) is 0. The van der Waals surface area contributed by atoms with Crippen LogP contribution in [0.4, 0.5) is 8.78 Å². The molecule has 0 heterocycles. The number of carbonyl (C=O) groups is 2. The van der Waals surface area contributed by atoms with E-state index in [1.54, 1.807) is 13.8 Å². The minimum Gasteiger partial charge on any atom is -0.481 e. The van der Waals surface area contributed by atoms with E-state index < -0.39 is 28.9 Å². The van der Waals surface area contributed by atoms with Crippen LogP contribution in [0.15, 0.2) is 18.2 Å². The number of nitrogens with one attached hydrogen (secondary N) is 1. The summed E-state index contributed by atoms with van der Waals surface area (Å²) in [5.41, 5.74) is -0.663. The van der Waals surface area contributed by atoms with E-state index in [0.29, 0.717) is 18.4 Å². The molecule has 116 valence electrons. The SMILES string of the molecule is CCC(CC)(CNC(=O)Cc1ccc(F)c(F)c1)C(=O)O. The van der Waals surface area contributed by atoms with Crippen LogP contribution in [0.1, 0.15) is 32.3 Å². The zero-order valence-electron chi connectivity index (χ0n) is 12.1. The molecular weight excluding hydrogens is 280 g/mol. The molecule has 0 fully saturated rings. The topological polar surface area (TPSA) is 66.4 Å². The Morgan fingerprint density at radius 2 is 1.81 bits per heavy atom. The highest BCUT2D eigenvalue weighted by atomic mass is 19.2. The molecule has 0 aliphatic carbocycles. The fraction of sp³-hybridized carbons (Fsp3) is 0.467. The predicted octanol–water partition coefficient (Wildman–Crippen LogP) is 2.51. The van der Waals surface area contributed by atoms with Crippen LogP contribution >= 0.6 is 0 Å². The zero-order valence-corrected chi connectivity index (χ0v) is 12.1. The normalized spacial score (nSPS) is 11.2. The largest absolute Gasteiger partial charge is 0.481 e. The monoisotopic (exact) mass is 299 g/mol. The van der Waals surface area contributed by atoms with Crippen molar-refractivity contribution in [2.24, 2.45) is 5.41 Å². The summed E-state index contributed by atoms with van der Waals surface area (Å²) in [6, 6.07) is 3.23. The van der Waals surface area contributed by atoms with Gasteiger partial charge >= 0.3 is 5.97 Å². The average molecular weight is 299 g/mol. The van der Waals surface area contributed by atoms with Crippen LogP contribution < -0.4 is 5.32 Å². The van der Waals surface area contributed by atoms with Gasteiger partial charge in [-0.3, -0.25) is 9.59 Å². The smallest absolute Gasteiger partial charge is 0.311 e. The van der Waals surface area contributed by atoms with Gasteiger partial charge in [0, 0.05) is 6.54 Å². The maximum atomic E-state index is 13.0. The molecule has 6 heteroatoms. The number of carbonyl (C=O) groups excluding carboxylic acids is 1. The van der Waals surface area contributed by atoms with Crippen molar-refractivity contribution in [1.82, 2.24) is 5.32 Å². The van der Waals surface area contributed by atoms with Crippen LogP contribution in [-0.4, -0.2) is 23.5 Å². The van der Waals surface area contributed by atoms with Crippen molar-refractivity contribution in [3.05, 3.63) is 35.4 Å². The summed E-state index contributed by atoms with van der Waals surface area (Å²) in [4.78, 5) is 23.1. The third kappa shape index (κ3) is 4.24. The highest BCUT2D eigenvalue weighted by molar-refractivity contribution is 5.80. The lowest BCUT2D eigenvalue weighted by molar-refractivity contribution is -0.149. The van der Waals surface area contributed by atoms with Crippen molar-refractivity contribution in [3.8, 4) is 0 Å². The number of benzene rings is 1.